The molecule has 0 fully saturated rings. The Kier molecular flexibility index (Phi) is 9.09. The number of rotatable bonds is 11. The summed E-state index contributed by atoms with van der Waals surface area (Å²) in [6, 6.07) is 30.7. The number of hydrogen-bond acceptors (Lipinski definition) is 4. The van der Waals surface area contributed by atoms with E-state index >= 15 is 0 Å². The molecular weight excluding hydrogens is 519 g/mol. The SMILES string of the molecule is Cc1ccc(OCC(Oc2ccc(C)cc2)(Oc2ccc(C)cc2)C(Oc2ccc(C)cc2)C(Cl)Cl)cc1. The predicted octanol–water partition coefficient (Wildman–Crippen LogP) is 8.40. The monoisotopic (exact) mass is 550 g/mol. The first kappa shape index (κ1) is 27.7. The van der Waals surface area contributed by atoms with Gasteiger partial charge in [-0.05, 0) is 76.2 Å². The van der Waals surface area contributed by atoms with Gasteiger partial charge in [-0.15, -0.1) is 23.2 Å². The van der Waals surface area contributed by atoms with Gasteiger partial charge < -0.3 is 18.9 Å². The first-order chi connectivity index (χ1) is 18.2. The molecular formula is C32H32Cl2O4. The minimum atomic E-state index is -1.57. The number of benzene rings is 4. The lowest BCUT2D eigenvalue weighted by Crippen LogP contribution is -2.61. The molecule has 38 heavy (non-hydrogen) atoms. The van der Waals surface area contributed by atoms with Gasteiger partial charge in [-0.3, -0.25) is 0 Å². The molecule has 0 aliphatic rings. The third kappa shape index (κ3) is 7.37. The predicted molar refractivity (Wildman–Crippen MR) is 154 cm³/mol. The summed E-state index contributed by atoms with van der Waals surface area (Å²) in [6.45, 7) is 7.98. The number of ether oxygens (including phenoxy) is 4. The summed E-state index contributed by atoms with van der Waals surface area (Å²) in [5, 5.41) is 0. The van der Waals surface area contributed by atoms with Crippen LogP contribution in [0.15, 0.2) is 97.1 Å². The van der Waals surface area contributed by atoms with Crippen molar-refractivity contribution >= 4 is 23.2 Å². The van der Waals surface area contributed by atoms with Crippen molar-refractivity contribution in [1.82, 2.24) is 0 Å². The fraction of sp³-hybridized carbons (Fsp3) is 0.250. The van der Waals surface area contributed by atoms with Crippen molar-refractivity contribution in [3.05, 3.63) is 119 Å². The van der Waals surface area contributed by atoms with E-state index in [0.29, 0.717) is 23.0 Å². The standard InChI is InChI=1S/C32H32Cl2O4/c1-22-5-13-26(14-6-22)35-21-32(37-28-17-9-24(3)10-18-28,38-29-19-11-25(4)12-20-29)30(31(33)34)36-27-15-7-23(2)8-16-27/h5-20,30-31H,21H2,1-4H3. The smallest absolute Gasteiger partial charge is 0.325 e. The average Bonchev–Trinajstić information content (AvgIpc) is 2.90. The maximum atomic E-state index is 6.62. The van der Waals surface area contributed by atoms with Crippen molar-refractivity contribution < 1.29 is 18.9 Å². The molecule has 4 rings (SSSR count). The van der Waals surface area contributed by atoms with E-state index < -0.39 is 16.7 Å². The molecule has 0 heterocycles. The van der Waals surface area contributed by atoms with E-state index in [-0.39, 0.29) is 6.61 Å². The highest BCUT2D eigenvalue weighted by Crippen LogP contribution is 2.34. The van der Waals surface area contributed by atoms with Crippen LogP contribution in [0.4, 0.5) is 0 Å². The van der Waals surface area contributed by atoms with Gasteiger partial charge in [0, 0.05) is 0 Å². The van der Waals surface area contributed by atoms with Crippen LogP contribution in [0, 0.1) is 27.7 Å². The number of alkyl halides is 2. The molecule has 0 aliphatic heterocycles. The van der Waals surface area contributed by atoms with E-state index in [1.165, 1.54) is 0 Å². The molecule has 0 N–H and O–H groups in total. The van der Waals surface area contributed by atoms with Crippen molar-refractivity contribution in [2.45, 2.75) is 44.4 Å². The molecule has 198 valence electrons. The largest absolute Gasteiger partial charge is 0.485 e. The molecule has 0 aliphatic carbocycles. The van der Waals surface area contributed by atoms with Crippen molar-refractivity contribution in [3.63, 3.8) is 0 Å². The van der Waals surface area contributed by atoms with Crippen LogP contribution in [-0.4, -0.2) is 23.3 Å². The first-order valence-electron chi connectivity index (χ1n) is 12.4. The van der Waals surface area contributed by atoms with E-state index in [1.807, 2.05) is 125 Å². The first-order valence-corrected chi connectivity index (χ1v) is 13.3. The summed E-state index contributed by atoms with van der Waals surface area (Å²) in [7, 11) is 0. The van der Waals surface area contributed by atoms with Crippen LogP contribution >= 0.6 is 23.2 Å². The highest BCUT2D eigenvalue weighted by Gasteiger charge is 2.51. The van der Waals surface area contributed by atoms with E-state index in [1.54, 1.807) is 0 Å². The van der Waals surface area contributed by atoms with Crippen LogP contribution in [0.1, 0.15) is 22.3 Å². The second kappa shape index (κ2) is 12.5. The fourth-order valence-corrected chi connectivity index (χ4v) is 4.29. The van der Waals surface area contributed by atoms with Crippen LogP contribution in [0.2, 0.25) is 0 Å². The topological polar surface area (TPSA) is 36.9 Å². The molecule has 0 amide bonds. The minimum absolute atomic E-state index is 0.0652. The Morgan fingerprint density at radius 1 is 0.526 bits per heavy atom. The third-order valence-corrected chi connectivity index (χ3v) is 6.49. The molecule has 4 aromatic rings. The Labute approximate surface area is 235 Å². The van der Waals surface area contributed by atoms with E-state index in [9.17, 15) is 0 Å². The zero-order valence-electron chi connectivity index (χ0n) is 22.0. The quantitative estimate of drug-likeness (QED) is 0.139. The highest BCUT2D eigenvalue weighted by molar-refractivity contribution is 6.44. The molecule has 6 heteroatoms. The van der Waals surface area contributed by atoms with Gasteiger partial charge in [0.2, 0.25) is 6.10 Å². The Balaban J connectivity index is 1.79. The van der Waals surface area contributed by atoms with E-state index in [4.69, 9.17) is 42.1 Å². The van der Waals surface area contributed by atoms with Gasteiger partial charge in [0.1, 0.15) is 23.0 Å². The summed E-state index contributed by atoms with van der Waals surface area (Å²) in [5.41, 5.74) is 4.41. The van der Waals surface area contributed by atoms with Crippen LogP contribution in [0.5, 0.6) is 23.0 Å². The van der Waals surface area contributed by atoms with Crippen LogP contribution in [0.25, 0.3) is 0 Å². The molecule has 0 radical (unpaired) electrons. The Hall–Kier alpha value is -3.34. The van der Waals surface area contributed by atoms with Gasteiger partial charge >= 0.3 is 5.79 Å². The molecule has 1 unspecified atom stereocenters. The summed E-state index contributed by atoms with van der Waals surface area (Å²) >= 11 is 13.2. The molecule has 0 saturated carbocycles. The molecule has 4 nitrogen and oxygen atoms in total. The molecule has 1 atom stereocenters. The molecule has 0 bridgehead atoms. The maximum absolute atomic E-state index is 6.62. The van der Waals surface area contributed by atoms with Gasteiger partial charge in [0.25, 0.3) is 0 Å². The van der Waals surface area contributed by atoms with E-state index in [0.717, 1.165) is 22.3 Å². The lowest BCUT2D eigenvalue weighted by molar-refractivity contribution is -0.191. The van der Waals surface area contributed by atoms with Crippen molar-refractivity contribution in [3.8, 4) is 23.0 Å². The van der Waals surface area contributed by atoms with Crippen LogP contribution in [-0.2, 0) is 0 Å². The van der Waals surface area contributed by atoms with Gasteiger partial charge in [0.15, 0.2) is 11.4 Å². The van der Waals surface area contributed by atoms with Crippen LogP contribution < -0.4 is 18.9 Å². The van der Waals surface area contributed by atoms with Crippen molar-refractivity contribution in [2.75, 3.05) is 6.61 Å². The van der Waals surface area contributed by atoms with Crippen molar-refractivity contribution in [1.29, 1.82) is 0 Å². The number of aryl methyl sites for hydroxylation is 4. The fourth-order valence-electron chi connectivity index (χ4n) is 3.80. The summed E-state index contributed by atoms with van der Waals surface area (Å²) in [4.78, 5) is -1.03. The zero-order chi connectivity index (χ0) is 27.1. The van der Waals surface area contributed by atoms with Gasteiger partial charge in [-0.2, -0.15) is 0 Å². The van der Waals surface area contributed by atoms with Gasteiger partial charge in [-0.1, -0.05) is 70.8 Å². The zero-order valence-corrected chi connectivity index (χ0v) is 23.5. The lowest BCUT2D eigenvalue weighted by Gasteiger charge is -2.40. The van der Waals surface area contributed by atoms with Gasteiger partial charge in [-0.25, -0.2) is 0 Å². The molecule has 0 spiro atoms. The second-order valence-electron chi connectivity index (χ2n) is 9.43. The normalized spacial score (nSPS) is 12.2. The molecule has 0 aromatic heterocycles. The molecule has 0 saturated heterocycles. The Bertz CT molecular complexity index is 1240. The Morgan fingerprint density at radius 3 is 1.24 bits per heavy atom. The summed E-state index contributed by atoms with van der Waals surface area (Å²) < 4.78 is 25.9. The Morgan fingerprint density at radius 2 is 0.868 bits per heavy atom. The maximum Gasteiger partial charge on any atom is 0.325 e. The lowest BCUT2D eigenvalue weighted by atomic mass is 10.1. The second-order valence-corrected chi connectivity index (χ2v) is 10.6. The van der Waals surface area contributed by atoms with E-state index in [2.05, 4.69) is 0 Å². The summed E-state index contributed by atoms with van der Waals surface area (Å²) in [6.07, 6.45) is -0.985. The van der Waals surface area contributed by atoms with Crippen molar-refractivity contribution in [2.24, 2.45) is 0 Å². The molecule has 4 aromatic carbocycles. The average molecular weight is 552 g/mol. The third-order valence-electron chi connectivity index (χ3n) is 6.03. The summed E-state index contributed by atoms with van der Waals surface area (Å²) in [5.74, 6) is 0.763. The number of hydrogen-bond donors (Lipinski definition) is 0. The highest BCUT2D eigenvalue weighted by atomic mass is 35.5. The van der Waals surface area contributed by atoms with Gasteiger partial charge in [0.05, 0.1) is 0 Å². The minimum Gasteiger partial charge on any atom is -0.485 e. The number of halogens is 2. The van der Waals surface area contributed by atoms with Crippen LogP contribution in [0.3, 0.4) is 0 Å².